The highest BCUT2D eigenvalue weighted by molar-refractivity contribution is 5.97. The van der Waals surface area contributed by atoms with E-state index in [0.717, 1.165) is 51.4 Å². The van der Waals surface area contributed by atoms with Gasteiger partial charge in [-0.05, 0) is 56.7 Å². The maximum atomic E-state index is 13.3. The van der Waals surface area contributed by atoms with Gasteiger partial charge in [0.1, 0.15) is 17.6 Å². The minimum Gasteiger partial charge on any atom is -0.497 e. The van der Waals surface area contributed by atoms with Crippen LogP contribution < -0.4 is 9.47 Å². The van der Waals surface area contributed by atoms with Crippen molar-refractivity contribution in [2.24, 2.45) is 0 Å². The van der Waals surface area contributed by atoms with Gasteiger partial charge in [-0.25, -0.2) is 0 Å². The van der Waals surface area contributed by atoms with Gasteiger partial charge in [-0.1, -0.05) is 12.8 Å². The van der Waals surface area contributed by atoms with E-state index in [2.05, 4.69) is 4.90 Å². The molecule has 2 heterocycles. The first-order chi connectivity index (χ1) is 14.7. The molecule has 0 unspecified atom stereocenters. The highest BCUT2D eigenvalue weighted by Crippen LogP contribution is 2.31. The summed E-state index contributed by atoms with van der Waals surface area (Å²) < 4.78 is 17.3. The molecule has 0 N–H and O–H groups in total. The second kappa shape index (κ2) is 10.0. The lowest BCUT2D eigenvalue weighted by atomic mass is 10.0. The lowest BCUT2D eigenvalue weighted by Crippen LogP contribution is -2.44. The van der Waals surface area contributed by atoms with Crippen molar-refractivity contribution in [2.75, 3.05) is 40.4 Å². The predicted octanol–water partition coefficient (Wildman–Crippen LogP) is 3.73. The van der Waals surface area contributed by atoms with E-state index in [9.17, 15) is 4.79 Å². The number of likely N-dealkylation sites (tertiary alicyclic amines) is 2. The number of benzene rings is 1. The molecular formula is C24H36N2O4. The van der Waals surface area contributed by atoms with E-state index in [1.54, 1.807) is 14.2 Å². The summed E-state index contributed by atoms with van der Waals surface area (Å²) >= 11 is 0. The molecule has 6 nitrogen and oxygen atoms in total. The SMILES string of the molecule is COc1ccc(OC2CCN(C3CCCC3)CC2)c(C(=O)N2CCC[C@H](OC)C2)c1. The van der Waals surface area contributed by atoms with Gasteiger partial charge in [-0.3, -0.25) is 4.79 Å². The zero-order chi connectivity index (χ0) is 20.9. The van der Waals surface area contributed by atoms with E-state index in [4.69, 9.17) is 14.2 Å². The molecule has 3 aliphatic rings. The molecule has 0 radical (unpaired) electrons. The van der Waals surface area contributed by atoms with Crippen molar-refractivity contribution in [3.05, 3.63) is 23.8 Å². The Balaban J connectivity index is 1.43. The van der Waals surface area contributed by atoms with E-state index >= 15 is 0 Å². The number of carbonyl (C=O) groups excluding carboxylic acids is 1. The van der Waals surface area contributed by atoms with Crippen LogP contribution in [-0.4, -0.2) is 74.4 Å². The van der Waals surface area contributed by atoms with Crippen molar-refractivity contribution >= 4 is 5.91 Å². The van der Waals surface area contributed by atoms with Gasteiger partial charge in [0.15, 0.2) is 0 Å². The van der Waals surface area contributed by atoms with Crippen molar-refractivity contribution in [3.8, 4) is 11.5 Å². The van der Waals surface area contributed by atoms with Crippen molar-refractivity contribution < 1.29 is 19.0 Å². The molecule has 166 valence electrons. The first-order valence-electron chi connectivity index (χ1n) is 11.6. The molecule has 1 amide bonds. The Morgan fingerprint density at radius 3 is 2.40 bits per heavy atom. The molecule has 1 atom stereocenters. The van der Waals surface area contributed by atoms with E-state index in [1.165, 1.54) is 25.7 Å². The fraction of sp³-hybridized carbons (Fsp3) is 0.708. The minimum absolute atomic E-state index is 0.00837. The highest BCUT2D eigenvalue weighted by atomic mass is 16.5. The van der Waals surface area contributed by atoms with E-state index in [1.807, 2.05) is 23.1 Å². The molecule has 1 aromatic rings. The number of piperidine rings is 2. The molecule has 1 aliphatic carbocycles. The standard InChI is InChI=1S/C24H36N2O4/c1-28-20-9-10-23(22(16-20)24(27)26-13-5-8-21(17-26)29-2)30-19-11-14-25(15-12-19)18-6-3-4-7-18/h9-10,16,18-19,21H,3-8,11-15,17H2,1-2H3/t21-/m0/s1. The molecule has 30 heavy (non-hydrogen) atoms. The third-order valence-electron chi connectivity index (χ3n) is 7.03. The second-order valence-electron chi connectivity index (χ2n) is 8.90. The van der Waals surface area contributed by atoms with Crippen LogP contribution in [0.25, 0.3) is 0 Å². The Labute approximate surface area is 180 Å². The zero-order valence-corrected chi connectivity index (χ0v) is 18.5. The van der Waals surface area contributed by atoms with Gasteiger partial charge in [0.2, 0.25) is 0 Å². The maximum absolute atomic E-state index is 13.3. The van der Waals surface area contributed by atoms with Gasteiger partial charge < -0.3 is 24.0 Å². The molecule has 0 spiro atoms. The van der Waals surface area contributed by atoms with Crippen LogP contribution in [0.15, 0.2) is 18.2 Å². The fourth-order valence-corrected chi connectivity index (χ4v) is 5.20. The quantitative estimate of drug-likeness (QED) is 0.707. The molecule has 2 aliphatic heterocycles. The third-order valence-corrected chi connectivity index (χ3v) is 7.03. The summed E-state index contributed by atoms with van der Waals surface area (Å²) in [5.74, 6) is 1.37. The summed E-state index contributed by atoms with van der Waals surface area (Å²) in [6.45, 7) is 3.58. The molecular weight excluding hydrogens is 380 g/mol. The number of amides is 1. The zero-order valence-electron chi connectivity index (χ0n) is 18.5. The van der Waals surface area contributed by atoms with E-state index in [0.29, 0.717) is 23.6 Å². The summed E-state index contributed by atoms with van der Waals surface area (Å²) in [5.41, 5.74) is 0.601. The van der Waals surface area contributed by atoms with Crippen molar-refractivity contribution in [1.82, 2.24) is 9.80 Å². The van der Waals surface area contributed by atoms with Crippen LogP contribution in [0.4, 0.5) is 0 Å². The molecule has 6 heteroatoms. The molecule has 4 rings (SSSR count). The number of carbonyl (C=O) groups is 1. The first-order valence-corrected chi connectivity index (χ1v) is 11.6. The lowest BCUT2D eigenvalue weighted by Gasteiger charge is -2.36. The summed E-state index contributed by atoms with van der Waals surface area (Å²) in [7, 11) is 3.35. The summed E-state index contributed by atoms with van der Waals surface area (Å²) in [6, 6.07) is 6.37. The van der Waals surface area contributed by atoms with Gasteiger partial charge in [-0.15, -0.1) is 0 Å². The van der Waals surface area contributed by atoms with Gasteiger partial charge in [-0.2, -0.15) is 0 Å². The third kappa shape index (κ3) is 4.92. The summed E-state index contributed by atoms with van der Waals surface area (Å²) in [4.78, 5) is 17.9. The molecule has 0 bridgehead atoms. The van der Waals surface area contributed by atoms with Crippen LogP contribution in [-0.2, 0) is 4.74 Å². The Bertz CT molecular complexity index is 711. The average Bonchev–Trinajstić information content (AvgIpc) is 3.34. The Kier molecular flexibility index (Phi) is 7.16. The van der Waals surface area contributed by atoms with E-state index in [-0.39, 0.29) is 18.1 Å². The second-order valence-corrected chi connectivity index (χ2v) is 8.90. The molecule has 3 fully saturated rings. The molecule has 1 aromatic carbocycles. The van der Waals surface area contributed by atoms with Gasteiger partial charge in [0.25, 0.3) is 5.91 Å². The number of hydrogen-bond acceptors (Lipinski definition) is 5. The number of hydrogen-bond donors (Lipinski definition) is 0. The minimum atomic E-state index is 0.00837. The predicted molar refractivity (Wildman–Crippen MR) is 116 cm³/mol. The van der Waals surface area contributed by atoms with Crippen LogP contribution in [0.5, 0.6) is 11.5 Å². The Morgan fingerprint density at radius 1 is 0.933 bits per heavy atom. The number of methoxy groups -OCH3 is 2. The van der Waals surface area contributed by atoms with Crippen LogP contribution in [0.3, 0.4) is 0 Å². The van der Waals surface area contributed by atoms with Crippen LogP contribution >= 0.6 is 0 Å². The van der Waals surface area contributed by atoms with Crippen molar-refractivity contribution in [1.29, 1.82) is 0 Å². The number of ether oxygens (including phenoxy) is 3. The van der Waals surface area contributed by atoms with Gasteiger partial charge in [0, 0.05) is 39.3 Å². The Morgan fingerprint density at radius 2 is 1.70 bits per heavy atom. The number of nitrogens with zero attached hydrogens (tertiary/aromatic N) is 2. The summed E-state index contributed by atoms with van der Waals surface area (Å²) in [5, 5.41) is 0. The summed E-state index contributed by atoms with van der Waals surface area (Å²) in [6.07, 6.45) is 9.72. The van der Waals surface area contributed by atoms with Crippen LogP contribution in [0, 0.1) is 0 Å². The lowest BCUT2D eigenvalue weighted by molar-refractivity contribution is 0.0263. The first kappa shape index (κ1) is 21.4. The molecule has 2 saturated heterocycles. The monoisotopic (exact) mass is 416 g/mol. The average molecular weight is 417 g/mol. The smallest absolute Gasteiger partial charge is 0.257 e. The van der Waals surface area contributed by atoms with Crippen LogP contribution in [0.1, 0.15) is 61.7 Å². The largest absolute Gasteiger partial charge is 0.497 e. The Hall–Kier alpha value is -1.79. The van der Waals surface area contributed by atoms with E-state index < -0.39 is 0 Å². The van der Waals surface area contributed by atoms with Gasteiger partial charge >= 0.3 is 0 Å². The van der Waals surface area contributed by atoms with Crippen LogP contribution in [0.2, 0.25) is 0 Å². The normalized spacial score (nSPS) is 24.2. The molecule has 1 saturated carbocycles. The topological polar surface area (TPSA) is 51.2 Å². The molecule has 0 aromatic heterocycles. The fourth-order valence-electron chi connectivity index (χ4n) is 5.20. The van der Waals surface area contributed by atoms with Crippen molar-refractivity contribution in [2.45, 2.75) is 69.6 Å². The van der Waals surface area contributed by atoms with Gasteiger partial charge in [0.05, 0.1) is 18.8 Å². The van der Waals surface area contributed by atoms with Crippen molar-refractivity contribution in [3.63, 3.8) is 0 Å². The maximum Gasteiger partial charge on any atom is 0.257 e. The highest BCUT2D eigenvalue weighted by Gasteiger charge is 2.30. The number of rotatable bonds is 6.